The van der Waals surface area contributed by atoms with Crippen LogP contribution in [-0.2, 0) is 11.2 Å². The highest BCUT2D eigenvalue weighted by Gasteiger charge is 2.09. The Morgan fingerprint density at radius 2 is 1.77 bits per heavy atom. The minimum absolute atomic E-state index is 0.222. The Balaban J connectivity index is 1.89. The van der Waals surface area contributed by atoms with Gasteiger partial charge in [0, 0.05) is 0 Å². The molecule has 0 saturated carbocycles. The molecule has 0 N–H and O–H groups in total. The highest BCUT2D eigenvalue weighted by atomic mass is 16.6. The molecular weight excluding hydrogens is 282 g/mol. The van der Waals surface area contributed by atoms with Gasteiger partial charge in [0.2, 0.25) is 0 Å². The molecule has 0 unspecified atom stereocenters. The molecule has 0 atom stereocenters. The van der Waals surface area contributed by atoms with Gasteiger partial charge >= 0.3 is 5.97 Å². The molecule has 0 saturated heterocycles. The van der Waals surface area contributed by atoms with Crippen molar-refractivity contribution in [2.45, 2.75) is 6.42 Å². The zero-order valence-electron chi connectivity index (χ0n) is 12.1. The van der Waals surface area contributed by atoms with Crippen LogP contribution in [-0.4, -0.2) is 19.7 Å². The number of benzene rings is 2. The van der Waals surface area contributed by atoms with Crippen LogP contribution < -0.4 is 14.2 Å². The van der Waals surface area contributed by atoms with Gasteiger partial charge in [0.1, 0.15) is 5.75 Å². The smallest absolute Gasteiger partial charge is 0.349 e. The molecule has 0 amide bonds. The van der Waals surface area contributed by atoms with E-state index in [1.807, 2.05) is 6.07 Å². The summed E-state index contributed by atoms with van der Waals surface area (Å²) in [5, 5.41) is 8.59. The Hall–Kier alpha value is -3.00. The molecule has 0 fully saturated rings. The quantitative estimate of drug-likeness (QED) is 0.605. The average molecular weight is 297 g/mol. The van der Waals surface area contributed by atoms with Gasteiger partial charge in [-0.1, -0.05) is 24.3 Å². The number of ether oxygens (including phenoxy) is 3. The Morgan fingerprint density at radius 1 is 1.09 bits per heavy atom. The second-order valence-electron chi connectivity index (χ2n) is 4.39. The highest BCUT2D eigenvalue weighted by Crippen LogP contribution is 2.25. The molecule has 0 heterocycles. The van der Waals surface area contributed by atoms with Crippen LogP contribution in [0.15, 0.2) is 48.5 Å². The summed E-state index contributed by atoms with van der Waals surface area (Å²) in [5.74, 6) is 0.928. The first-order valence-electron chi connectivity index (χ1n) is 6.65. The third-order valence-electron chi connectivity index (χ3n) is 2.85. The zero-order chi connectivity index (χ0) is 15.8. The Labute approximate surface area is 128 Å². The van der Waals surface area contributed by atoms with Gasteiger partial charge in [-0.05, 0) is 29.8 Å². The van der Waals surface area contributed by atoms with Gasteiger partial charge < -0.3 is 14.2 Å². The summed E-state index contributed by atoms with van der Waals surface area (Å²) in [4.78, 5) is 11.8. The highest BCUT2D eigenvalue weighted by molar-refractivity contribution is 5.74. The number of esters is 1. The van der Waals surface area contributed by atoms with Gasteiger partial charge in [-0.3, -0.25) is 0 Å². The third kappa shape index (κ3) is 4.25. The molecule has 0 radical (unpaired) electrons. The summed E-state index contributed by atoms with van der Waals surface area (Å²) in [5.41, 5.74) is 0.868. The monoisotopic (exact) mass is 297 g/mol. The molecule has 0 spiro atoms. The van der Waals surface area contributed by atoms with Crippen molar-refractivity contribution in [3.63, 3.8) is 0 Å². The second-order valence-corrected chi connectivity index (χ2v) is 4.39. The van der Waals surface area contributed by atoms with Gasteiger partial charge in [-0.15, -0.1) is 0 Å². The van der Waals surface area contributed by atoms with Crippen molar-refractivity contribution in [1.82, 2.24) is 0 Å². The lowest BCUT2D eigenvalue weighted by molar-refractivity contribution is -0.136. The van der Waals surface area contributed by atoms with E-state index in [-0.39, 0.29) is 6.61 Å². The fourth-order valence-corrected chi connectivity index (χ4v) is 1.80. The van der Waals surface area contributed by atoms with Crippen LogP contribution in [0.5, 0.6) is 17.2 Å². The van der Waals surface area contributed by atoms with E-state index in [1.165, 1.54) is 7.11 Å². The van der Waals surface area contributed by atoms with Crippen molar-refractivity contribution in [1.29, 1.82) is 5.26 Å². The second kappa shape index (κ2) is 7.70. The van der Waals surface area contributed by atoms with E-state index in [9.17, 15) is 4.79 Å². The normalized spacial score (nSPS) is 9.64. The summed E-state index contributed by atoms with van der Waals surface area (Å²) < 4.78 is 15.7. The van der Waals surface area contributed by atoms with E-state index in [2.05, 4.69) is 6.07 Å². The molecule has 0 bridgehead atoms. The van der Waals surface area contributed by atoms with Crippen molar-refractivity contribution in [2.24, 2.45) is 0 Å². The zero-order valence-corrected chi connectivity index (χ0v) is 12.1. The molecule has 0 aliphatic heterocycles. The maximum absolute atomic E-state index is 11.8. The van der Waals surface area contributed by atoms with Crippen LogP contribution >= 0.6 is 0 Å². The predicted octanol–water partition coefficient (Wildman–Crippen LogP) is 2.75. The maximum Gasteiger partial charge on any atom is 0.349 e. The minimum atomic E-state index is -0.515. The molecule has 0 aromatic heterocycles. The van der Waals surface area contributed by atoms with E-state index in [4.69, 9.17) is 19.5 Å². The Bertz CT molecular complexity index is 674. The molecule has 0 aliphatic carbocycles. The molecular formula is C17H15NO4. The first-order chi connectivity index (χ1) is 10.7. The lowest BCUT2D eigenvalue weighted by atomic mass is 10.2. The number of methoxy groups -OCH3 is 1. The standard InChI is InChI=1S/C17H15NO4/c1-20-15-4-2-3-5-16(15)21-12-17(19)22-14-8-6-13(7-9-14)10-11-18/h2-9H,10,12H2,1H3. The molecule has 0 aliphatic rings. The Kier molecular flexibility index (Phi) is 5.38. The lowest BCUT2D eigenvalue weighted by Gasteiger charge is -2.10. The SMILES string of the molecule is COc1ccccc1OCC(=O)Oc1ccc(CC#N)cc1. The van der Waals surface area contributed by atoms with Crippen molar-refractivity contribution in [3.8, 4) is 23.3 Å². The fraction of sp³-hybridized carbons (Fsp3) is 0.176. The molecule has 5 heteroatoms. The van der Waals surface area contributed by atoms with Gasteiger partial charge in [0.05, 0.1) is 19.6 Å². The van der Waals surface area contributed by atoms with Crippen LogP contribution in [0.4, 0.5) is 0 Å². The van der Waals surface area contributed by atoms with Gasteiger partial charge in [0.25, 0.3) is 0 Å². The van der Waals surface area contributed by atoms with Gasteiger partial charge in [-0.25, -0.2) is 4.79 Å². The Morgan fingerprint density at radius 3 is 2.41 bits per heavy atom. The lowest BCUT2D eigenvalue weighted by Crippen LogP contribution is -2.17. The summed E-state index contributed by atoms with van der Waals surface area (Å²) in [7, 11) is 1.53. The van der Waals surface area contributed by atoms with E-state index in [0.717, 1.165) is 5.56 Å². The summed E-state index contributed by atoms with van der Waals surface area (Å²) in [6.45, 7) is -0.222. The molecule has 2 rings (SSSR count). The number of nitrogens with zero attached hydrogens (tertiary/aromatic N) is 1. The van der Waals surface area contributed by atoms with E-state index < -0.39 is 5.97 Å². The predicted molar refractivity (Wildman–Crippen MR) is 79.9 cm³/mol. The van der Waals surface area contributed by atoms with Crippen LogP contribution in [0.3, 0.4) is 0 Å². The fourth-order valence-electron chi connectivity index (χ4n) is 1.80. The molecule has 5 nitrogen and oxygen atoms in total. The average Bonchev–Trinajstić information content (AvgIpc) is 2.55. The van der Waals surface area contributed by atoms with E-state index in [1.54, 1.807) is 42.5 Å². The van der Waals surface area contributed by atoms with Crippen LogP contribution in [0, 0.1) is 11.3 Å². The number of hydrogen-bond acceptors (Lipinski definition) is 5. The number of para-hydroxylation sites is 2. The first kappa shape index (κ1) is 15.4. The van der Waals surface area contributed by atoms with Crippen LogP contribution in [0.1, 0.15) is 5.56 Å². The first-order valence-corrected chi connectivity index (χ1v) is 6.65. The van der Waals surface area contributed by atoms with Gasteiger partial charge in [-0.2, -0.15) is 5.26 Å². The number of rotatable bonds is 6. The van der Waals surface area contributed by atoms with Crippen LogP contribution in [0.25, 0.3) is 0 Å². The van der Waals surface area contributed by atoms with Crippen molar-refractivity contribution in [2.75, 3.05) is 13.7 Å². The van der Waals surface area contributed by atoms with Gasteiger partial charge in [0.15, 0.2) is 18.1 Å². The number of hydrogen-bond donors (Lipinski definition) is 0. The third-order valence-corrected chi connectivity index (χ3v) is 2.85. The van der Waals surface area contributed by atoms with Crippen molar-refractivity contribution >= 4 is 5.97 Å². The van der Waals surface area contributed by atoms with Crippen molar-refractivity contribution < 1.29 is 19.0 Å². The minimum Gasteiger partial charge on any atom is -0.493 e. The van der Waals surface area contributed by atoms with Crippen LogP contribution in [0.2, 0.25) is 0 Å². The van der Waals surface area contributed by atoms with E-state index in [0.29, 0.717) is 23.7 Å². The number of nitriles is 1. The summed E-state index contributed by atoms with van der Waals surface area (Å²) >= 11 is 0. The number of carbonyl (C=O) groups excluding carboxylic acids is 1. The molecule has 22 heavy (non-hydrogen) atoms. The number of carbonyl (C=O) groups is 1. The molecule has 112 valence electrons. The van der Waals surface area contributed by atoms with E-state index >= 15 is 0 Å². The van der Waals surface area contributed by atoms with Crippen molar-refractivity contribution in [3.05, 3.63) is 54.1 Å². The maximum atomic E-state index is 11.8. The molecule has 2 aromatic carbocycles. The topological polar surface area (TPSA) is 68.6 Å². The summed E-state index contributed by atoms with van der Waals surface area (Å²) in [6, 6.07) is 15.9. The largest absolute Gasteiger partial charge is 0.493 e. The summed E-state index contributed by atoms with van der Waals surface area (Å²) in [6.07, 6.45) is 0.325. The molecule has 2 aromatic rings.